The zero-order chi connectivity index (χ0) is 23.0. The van der Waals surface area contributed by atoms with E-state index in [0.29, 0.717) is 5.56 Å². The van der Waals surface area contributed by atoms with Crippen LogP contribution in [-0.4, -0.2) is 29.1 Å². The molecule has 0 bridgehead atoms. The molecule has 0 N–H and O–H groups in total. The fourth-order valence-corrected chi connectivity index (χ4v) is 4.99. The molecule has 2 aromatic carbocycles. The summed E-state index contributed by atoms with van der Waals surface area (Å²) >= 11 is 0. The van der Waals surface area contributed by atoms with Gasteiger partial charge in [-0.15, -0.1) is 0 Å². The van der Waals surface area contributed by atoms with Crippen molar-refractivity contribution >= 4 is 5.97 Å². The third kappa shape index (κ3) is 6.35. The summed E-state index contributed by atoms with van der Waals surface area (Å²) in [6, 6.07) is 21.0. The van der Waals surface area contributed by atoms with Crippen LogP contribution < -0.4 is 0 Å². The molecule has 33 heavy (non-hydrogen) atoms. The van der Waals surface area contributed by atoms with Gasteiger partial charge in [0.05, 0.1) is 12.7 Å². The minimum atomic E-state index is -0.258. The first kappa shape index (κ1) is 23.3. The Balaban J connectivity index is 1.54. The highest BCUT2D eigenvalue weighted by Crippen LogP contribution is 2.26. The fourth-order valence-electron chi connectivity index (χ4n) is 4.99. The van der Waals surface area contributed by atoms with Crippen LogP contribution in [0.3, 0.4) is 0 Å². The van der Waals surface area contributed by atoms with E-state index in [4.69, 9.17) is 4.74 Å². The summed E-state index contributed by atoms with van der Waals surface area (Å²) in [5.74, 6) is 0.468. The molecule has 0 aliphatic heterocycles. The molecule has 3 aromatic rings. The van der Waals surface area contributed by atoms with Crippen LogP contribution in [0.4, 0.5) is 0 Å². The van der Waals surface area contributed by atoms with Crippen molar-refractivity contribution in [1.29, 1.82) is 0 Å². The molecule has 1 aromatic heterocycles. The summed E-state index contributed by atoms with van der Waals surface area (Å²) in [7, 11) is 1.46. The molecule has 174 valence electrons. The highest BCUT2D eigenvalue weighted by atomic mass is 16.5. The Hall–Kier alpha value is -2.85. The number of hydrogen-bond acceptors (Lipinski definition) is 3. The summed E-state index contributed by atoms with van der Waals surface area (Å²) in [5.41, 5.74) is 5.62. The van der Waals surface area contributed by atoms with Crippen LogP contribution in [0, 0.1) is 12.8 Å². The van der Waals surface area contributed by atoms with Crippen LogP contribution >= 0.6 is 0 Å². The fraction of sp³-hybridized carbons (Fsp3) is 0.414. The van der Waals surface area contributed by atoms with Gasteiger partial charge in [0.2, 0.25) is 0 Å². The maximum atomic E-state index is 12.4. The summed E-state index contributed by atoms with van der Waals surface area (Å²) < 4.78 is 7.40. The van der Waals surface area contributed by atoms with Crippen LogP contribution in [0.1, 0.15) is 64.8 Å². The van der Waals surface area contributed by atoms with Gasteiger partial charge in [-0.2, -0.15) is 0 Å². The van der Waals surface area contributed by atoms with E-state index in [0.717, 1.165) is 37.7 Å². The predicted molar refractivity (Wildman–Crippen MR) is 133 cm³/mol. The number of ether oxygens (including phenoxy) is 1. The number of esters is 1. The number of hydrogen-bond donors (Lipinski definition) is 0. The van der Waals surface area contributed by atoms with Gasteiger partial charge in [-0.3, -0.25) is 4.90 Å². The van der Waals surface area contributed by atoms with Gasteiger partial charge in [0.25, 0.3) is 0 Å². The van der Waals surface area contributed by atoms with Gasteiger partial charge in [-0.25, -0.2) is 4.79 Å². The Morgan fingerprint density at radius 1 is 0.970 bits per heavy atom. The number of benzene rings is 2. The van der Waals surface area contributed by atoms with Gasteiger partial charge in [0.1, 0.15) is 0 Å². The molecule has 0 spiro atoms. The Bertz CT molecular complexity index is 1030. The van der Waals surface area contributed by atoms with Crippen LogP contribution in [0.5, 0.6) is 0 Å². The number of methoxy groups -OCH3 is 1. The molecule has 0 unspecified atom stereocenters. The molecule has 4 heteroatoms. The molecule has 0 atom stereocenters. The Morgan fingerprint density at radius 2 is 1.73 bits per heavy atom. The van der Waals surface area contributed by atoms with E-state index in [-0.39, 0.29) is 5.97 Å². The van der Waals surface area contributed by atoms with Crippen molar-refractivity contribution in [3.63, 3.8) is 0 Å². The third-order valence-electron chi connectivity index (χ3n) is 6.84. The molecule has 1 aliphatic rings. The van der Waals surface area contributed by atoms with E-state index >= 15 is 0 Å². The first-order valence-corrected chi connectivity index (χ1v) is 12.2. The van der Waals surface area contributed by atoms with E-state index in [2.05, 4.69) is 65.1 Å². The zero-order valence-electron chi connectivity index (χ0n) is 20.0. The van der Waals surface area contributed by atoms with Crippen molar-refractivity contribution in [2.75, 3.05) is 13.7 Å². The van der Waals surface area contributed by atoms with E-state index in [9.17, 15) is 4.79 Å². The quantitative estimate of drug-likeness (QED) is 0.368. The average molecular weight is 445 g/mol. The third-order valence-corrected chi connectivity index (χ3v) is 6.84. The van der Waals surface area contributed by atoms with Crippen LogP contribution in [0.15, 0.2) is 66.9 Å². The molecule has 0 saturated heterocycles. The minimum Gasteiger partial charge on any atom is -0.465 e. The van der Waals surface area contributed by atoms with Crippen LogP contribution in [0.25, 0.3) is 0 Å². The largest absolute Gasteiger partial charge is 0.465 e. The van der Waals surface area contributed by atoms with E-state index < -0.39 is 0 Å². The number of carbonyl (C=O) groups excluding carboxylic acids is 1. The topological polar surface area (TPSA) is 34.5 Å². The van der Waals surface area contributed by atoms with Gasteiger partial charge in [-0.1, -0.05) is 67.3 Å². The standard InChI is InChI=1S/C29H36N2O2/c1-23-14-16-25(17-15-23)20-31-18-8-12-27(31)22-30(19-24-9-4-3-5-10-24)21-26-11-6-7-13-28(26)29(32)33-2/h6-8,11-18,24H,3-5,9-10,19-22H2,1-2H3. The lowest BCUT2D eigenvalue weighted by molar-refractivity contribution is 0.0597. The second-order valence-corrected chi connectivity index (χ2v) is 9.44. The summed E-state index contributed by atoms with van der Waals surface area (Å²) in [5, 5.41) is 0. The molecular formula is C29H36N2O2. The first-order chi connectivity index (χ1) is 16.1. The van der Waals surface area contributed by atoms with Gasteiger partial charge in [0.15, 0.2) is 0 Å². The summed E-state index contributed by atoms with van der Waals surface area (Å²) in [6.07, 6.45) is 8.82. The van der Waals surface area contributed by atoms with Gasteiger partial charge < -0.3 is 9.30 Å². The average Bonchev–Trinajstić information content (AvgIpc) is 3.27. The minimum absolute atomic E-state index is 0.258. The van der Waals surface area contributed by atoms with Crippen molar-refractivity contribution in [2.24, 2.45) is 5.92 Å². The number of aromatic nitrogens is 1. The molecule has 1 heterocycles. The lowest BCUT2D eigenvalue weighted by Crippen LogP contribution is -2.31. The maximum Gasteiger partial charge on any atom is 0.338 e. The highest BCUT2D eigenvalue weighted by molar-refractivity contribution is 5.90. The summed E-state index contributed by atoms with van der Waals surface area (Å²) in [4.78, 5) is 14.9. The van der Waals surface area contributed by atoms with Crippen molar-refractivity contribution in [3.8, 4) is 0 Å². The molecule has 4 rings (SSSR count). The zero-order valence-corrected chi connectivity index (χ0v) is 20.0. The number of aryl methyl sites for hydroxylation is 1. The molecular weight excluding hydrogens is 408 g/mol. The number of nitrogens with zero attached hydrogens (tertiary/aromatic N) is 2. The maximum absolute atomic E-state index is 12.4. The molecule has 4 nitrogen and oxygen atoms in total. The first-order valence-electron chi connectivity index (χ1n) is 12.2. The Labute approximate surface area is 198 Å². The molecule has 1 aliphatic carbocycles. The normalized spacial score (nSPS) is 14.5. The second kappa shape index (κ2) is 11.3. The Morgan fingerprint density at radius 3 is 2.48 bits per heavy atom. The smallest absolute Gasteiger partial charge is 0.338 e. The molecule has 1 fully saturated rings. The SMILES string of the molecule is COC(=O)c1ccccc1CN(Cc1cccn1Cc1ccc(C)cc1)CC1CCCCC1. The van der Waals surface area contributed by atoms with Gasteiger partial charge >= 0.3 is 5.97 Å². The molecule has 0 amide bonds. The lowest BCUT2D eigenvalue weighted by atomic mass is 9.88. The number of carbonyl (C=O) groups is 1. The van der Waals surface area contributed by atoms with E-state index in [1.165, 1.54) is 56.0 Å². The van der Waals surface area contributed by atoms with Gasteiger partial charge in [-0.05, 0) is 55.0 Å². The monoisotopic (exact) mass is 444 g/mol. The molecule has 0 radical (unpaired) electrons. The van der Waals surface area contributed by atoms with E-state index in [1.54, 1.807) is 0 Å². The van der Waals surface area contributed by atoms with E-state index in [1.807, 2.05) is 18.2 Å². The summed E-state index contributed by atoms with van der Waals surface area (Å²) in [6.45, 7) is 5.67. The lowest BCUT2D eigenvalue weighted by Gasteiger charge is -2.30. The van der Waals surface area contributed by atoms with Gasteiger partial charge in [0, 0.05) is 38.1 Å². The predicted octanol–water partition coefficient (Wildman–Crippen LogP) is 6.21. The van der Waals surface area contributed by atoms with Crippen LogP contribution in [-0.2, 0) is 24.4 Å². The molecule has 1 saturated carbocycles. The Kier molecular flexibility index (Phi) is 8.01. The van der Waals surface area contributed by atoms with Crippen molar-refractivity contribution in [3.05, 3.63) is 94.8 Å². The number of rotatable bonds is 9. The van der Waals surface area contributed by atoms with Crippen molar-refractivity contribution in [1.82, 2.24) is 9.47 Å². The van der Waals surface area contributed by atoms with Crippen LogP contribution in [0.2, 0.25) is 0 Å². The van der Waals surface area contributed by atoms with Crippen molar-refractivity contribution in [2.45, 2.75) is 58.7 Å². The second-order valence-electron chi connectivity index (χ2n) is 9.44. The highest BCUT2D eigenvalue weighted by Gasteiger charge is 2.21. The van der Waals surface area contributed by atoms with Crippen molar-refractivity contribution < 1.29 is 9.53 Å².